The number of hydrogen-bond acceptors (Lipinski definition) is 6. The molecule has 1 unspecified atom stereocenters. The van der Waals surface area contributed by atoms with Gasteiger partial charge in [0.15, 0.2) is 6.10 Å². The molecule has 0 saturated carbocycles. The number of ether oxygens (including phenoxy) is 3. The summed E-state index contributed by atoms with van der Waals surface area (Å²) in [6.45, 7) is 6.67. The van der Waals surface area contributed by atoms with Crippen LogP contribution in [-0.4, -0.2) is 37.2 Å². The average molecular weight is 1060 g/mol. The second-order valence-electron chi connectivity index (χ2n) is 23.1. The molecule has 1 atom stereocenters. The Morgan fingerprint density at radius 3 is 0.693 bits per heavy atom. The van der Waals surface area contributed by atoms with Gasteiger partial charge in [-0.2, -0.15) is 0 Å². The van der Waals surface area contributed by atoms with Gasteiger partial charge in [-0.05, 0) is 70.6 Å². The number of allylic oxidation sites excluding steroid dienone is 4. The third-order valence-corrected chi connectivity index (χ3v) is 15.4. The van der Waals surface area contributed by atoms with Gasteiger partial charge in [-0.15, -0.1) is 0 Å². The first-order chi connectivity index (χ1) is 37.0. The summed E-state index contributed by atoms with van der Waals surface area (Å²) in [7, 11) is 0. The van der Waals surface area contributed by atoms with Gasteiger partial charge in [0.25, 0.3) is 0 Å². The van der Waals surface area contributed by atoms with E-state index in [1.54, 1.807) is 0 Å². The molecule has 0 aromatic rings. The van der Waals surface area contributed by atoms with Crippen LogP contribution in [0.1, 0.15) is 380 Å². The van der Waals surface area contributed by atoms with Crippen molar-refractivity contribution >= 4 is 17.9 Å². The Morgan fingerprint density at radius 1 is 0.253 bits per heavy atom. The van der Waals surface area contributed by atoms with Crippen molar-refractivity contribution in [3.05, 3.63) is 24.3 Å². The fourth-order valence-corrected chi connectivity index (χ4v) is 10.3. The number of carbonyl (C=O) groups is 3. The molecule has 442 valence electrons. The second-order valence-corrected chi connectivity index (χ2v) is 23.1. The molecule has 0 bridgehead atoms. The van der Waals surface area contributed by atoms with Crippen molar-refractivity contribution in [2.24, 2.45) is 0 Å². The van der Waals surface area contributed by atoms with Gasteiger partial charge in [0.05, 0.1) is 0 Å². The van der Waals surface area contributed by atoms with Crippen molar-refractivity contribution in [3.8, 4) is 0 Å². The van der Waals surface area contributed by atoms with Crippen LogP contribution in [0.15, 0.2) is 24.3 Å². The first-order valence-electron chi connectivity index (χ1n) is 33.8. The zero-order valence-electron chi connectivity index (χ0n) is 50.8. The molecular weight excluding hydrogens is 925 g/mol. The smallest absolute Gasteiger partial charge is 0.306 e. The van der Waals surface area contributed by atoms with Crippen LogP contribution in [-0.2, 0) is 28.6 Å². The van der Waals surface area contributed by atoms with Crippen LogP contribution in [0.5, 0.6) is 0 Å². The minimum absolute atomic E-state index is 0.0707. The van der Waals surface area contributed by atoms with Gasteiger partial charge in [-0.1, -0.05) is 315 Å². The quantitative estimate of drug-likeness (QED) is 0.0261. The molecule has 0 spiro atoms. The fourth-order valence-electron chi connectivity index (χ4n) is 10.3. The number of hydrogen-bond donors (Lipinski definition) is 0. The summed E-state index contributed by atoms with van der Waals surface area (Å²) >= 11 is 0. The van der Waals surface area contributed by atoms with E-state index in [4.69, 9.17) is 14.2 Å². The van der Waals surface area contributed by atoms with E-state index in [0.717, 1.165) is 64.2 Å². The van der Waals surface area contributed by atoms with Crippen molar-refractivity contribution in [3.63, 3.8) is 0 Å². The Balaban J connectivity index is 4.18. The van der Waals surface area contributed by atoms with E-state index < -0.39 is 6.10 Å². The van der Waals surface area contributed by atoms with Crippen molar-refractivity contribution in [2.75, 3.05) is 13.2 Å². The van der Waals surface area contributed by atoms with Crippen molar-refractivity contribution in [2.45, 2.75) is 386 Å². The summed E-state index contributed by atoms with van der Waals surface area (Å²) < 4.78 is 16.9. The summed E-state index contributed by atoms with van der Waals surface area (Å²) in [5.41, 5.74) is 0. The number of rotatable bonds is 63. The van der Waals surface area contributed by atoms with E-state index in [0.29, 0.717) is 19.3 Å². The van der Waals surface area contributed by atoms with Crippen LogP contribution in [0.2, 0.25) is 0 Å². The maximum Gasteiger partial charge on any atom is 0.306 e. The standard InChI is InChI=1S/C69H130O6/c1-4-7-10-13-16-19-22-25-27-29-31-32-33-34-35-36-37-38-39-41-42-44-47-50-53-56-59-62-68(71)74-65-66(64-73-67(70)61-58-55-52-49-46-24-21-18-15-12-9-6-3)75-69(72)63-60-57-54-51-48-45-43-40-30-28-26-23-20-17-14-11-8-5-2/h18,21,28,30,66H,4-17,19-20,22-27,29,31-65H2,1-3H3/b21-18-,30-28-. The predicted molar refractivity (Wildman–Crippen MR) is 326 cm³/mol. The van der Waals surface area contributed by atoms with Gasteiger partial charge >= 0.3 is 17.9 Å². The summed E-state index contributed by atoms with van der Waals surface area (Å²) in [5, 5.41) is 0. The molecule has 0 aromatic carbocycles. The minimum atomic E-state index is -0.774. The third-order valence-electron chi connectivity index (χ3n) is 15.4. The summed E-state index contributed by atoms with van der Waals surface area (Å²) in [4.78, 5) is 38.3. The minimum Gasteiger partial charge on any atom is -0.462 e. The SMILES string of the molecule is CCCCC/C=C\CCCCCCCC(=O)OCC(COC(=O)CCCCCCCCCCCCCCCCCCCCCCCCCCCCC)OC(=O)CCCCCCCCC/C=C\CCCCCCCCC. The van der Waals surface area contributed by atoms with E-state index in [9.17, 15) is 14.4 Å². The highest BCUT2D eigenvalue weighted by atomic mass is 16.6. The lowest BCUT2D eigenvalue weighted by atomic mass is 10.0. The van der Waals surface area contributed by atoms with Gasteiger partial charge in [-0.3, -0.25) is 14.4 Å². The summed E-state index contributed by atoms with van der Waals surface area (Å²) in [6, 6.07) is 0. The number of unbranched alkanes of at least 4 members (excludes halogenated alkanes) is 48. The fraction of sp³-hybridized carbons (Fsp3) is 0.899. The van der Waals surface area contributed by atoms with E-state index in [-0.39, 0.29) is 31.1 Å². The maximum absolute atomic E-state index is 12.9. The van der Waals surface area contributed by atoms with Gasteiger partial charge in [0.2, 0.25) is 0 Å². The number of esters is 3. The van der Waals surface area contributed by atoms with Gasteiger partial charge < -0.3 is 14.2 Å². The first kappa shape index (κ1) is 72.9. The lowest BCUT2D eigenvalue weighted by Gasteiger charge is -2.18. The van der Waals surface area contributed by atoms with Crippen molar-refractivity contribution in [1.29, 1.82) is 0 Å². The van der Waals surface area contributed by atoms with Crippen LogP contribution in [0, 0.1) is 0 Å². The molecule has 0 aromatic heterocycles. The van der Waals surface area contributed by atoms with Crippen LogP contribution < -0.4 is 0 Å². The van der Waals surface area contributed by atoms with Crippen LogP contribution in [0.4, 0.5) is 0 Å². The zero-order chi connectivity index (χ0) is 54.3. The topological polar surface area (TPSA) is 78.9 Å². The van der Waals surface area contributed by atoms with Gasteiger partial charge in [-0.25, -0.2) is 0 Å². The molecule has 0 fully saturated rings. The molecule has 0 amide bonds. The van der Waals surface area contributed by atoms with Crippen LogP contribution >= 0.6 is 0 Å². The highest BCUT2D eigenvalue weighted by molar-refractivity contribution is 5.71. The molecule has 0 aliphatic rings. The monoisotopic (exact) mass is 1050 g/mol. The predicted octanol–water partition coefficient (Wildman–Crippen LogP) is 23.0. The molecule has 0 aliphatic heterocycles. The highest BCUT2D eigenvalue weighted by Gasteiger charge is 2.19. The average Bonchev–Trinajstić information content (AvgIpc) is 3.41. The van der Waals surface area contributed by atoms with E-state index in [1.165, 1.54) is 276 Å². The lowest BCUT2D eigenvalue weighted by Crippen LogP contribution is -2.30. The molecule has 0 N–H and O–H groups in total. The van der Waals surface area contributed by atoms with Gasteiger partial charge in [0.1, 0.15) is 13.2 Å². The number of carbonyl (C=O) groups excluding carboxylic acids is 3. The Hall–Kier alpha value is -2.11. The molecule has 75 heavy (non-hydrogen) atoms. The van der Waals surface area contributed by atoms with E-state index >= 15 is 0 Å². The molecule has 0 saturated heterocycles. The maximum atomic E-state index is 12.9. The second kappa shape index (κ2) is 64.4. The third kappa shape index (κ3) is 62.6. The normalized spacial score (nSPS) is 12.1. The molecular formula is C69H130O6. The molecule has 0 radical (unpaired) electrons. The molecule has 6 nitrogen and oxygen atoms in total. The highest BCUT2D eigenvalue weighted by Crippen LogP contribution is 2.18. The van der Waals surface area contributed by atoms with Crippen molar-refractivity contribution in [1.82, 2.24) is 0 Å². The van der Waals surface area contributed by atoms with E-state index in [1.807, 2.05) is 0 Å². The molecule has 6 heteroatoms. The Labute approximate surface area is 468 Å². The molecule has 0 aliphatic carbocycles. The molecule has 0 rings (SSSR count). The van der Waals surface area contributed by atoms with Crippen LogP contribution in [0.3, 0.4) is 0 Å². The lowest BCUT2D eigenvalue weighted by molar-refractivity contribution is -0.167. The summed E-state index contributed by atoms with van der Waals surface area (Å²) in [5.74, 6) is -0.858. The molecule has 0 heterocycles. The first-order valence-corrected chi connectivity index (χ1v) is 33.8. The largest absolute Gasteiger partial charge is 0.462 e. The van der Waals surface area contributed by atoms with Gasteiger partial charge in [0, 0.05) is 19.3 Å². The van der Waals surface area contributed by atoms with Crippen molar-refractivity contribution < 1.29 is 28.6 Å². The Bertz CT molecular complexity index is 1210. The zero-order valence-corrected chi connectivity index (χ0v) is 50.8. The van der Waals surface area contributed by atoms with Crippen LogP contribution in [0.25, 0.3) is 0 Å². The Kier molecular flexibility index (Phi) is 62.6. The summed E-state index contributed by atoms with van der Waals surface area (Å²) in [6.07, 6.45) is 77.8. The Morgan fingerprint density at radius 2 is 0.440 bits per heavy atom. The van der Waals surface area contributed by atoms with E-state index in [2.05, 4.69) is 45.1 Å².